The van der Waals surface area contributed by atoms with Crippen LogP contribution in [0, 0.1) is 0 Å². The first kappa shape index (κ1) is 22.1. The van der Waals surface area contributed by atoms with Gasteiger partial charge in [-0.05, 0) is 47.4 Å². The maximum absolute atomic E-state index is 12.7. The van der Waals surface area contributed by atoms with Crippen LogP contribution in [0.15, 0.2) is 75.9 Å². The highest BCUT2D eigenvalue weighted by Crippen LogP contribution is 2.33. The van der Waals surface area contributed by atoms with Gasteiger partial charge in [0, 0.05) is 23.1 Å². The molecule has 0 N–H and O–H groups in total. The highest BCUT2D eigenvalue weighted by molar-refractivity contribution is 5.98. The Bertz CT molecular complexity index is 1350. The van der Waals surface area contributed by atoms with Crippen LogP contribution in [-0.2, 0) is 6.42 Å². The number of ether oxygens (including phenoxy) is 3. The topological polar surface area (TPSA) is 75.0 Å². The first-order valence-corrected chi connectivity index (χ1v) is 10.6. The van der Waals surface area contributed by atoms with Crippen molar-refractivity contribution >= 4 is 16.8 Å². The number of methoxy groups -OCH3 is 2. The molecular weight excluding hydrogens is 420 g/mol. The molecule has 6 heteroatoms. The fraction of sp³-hybridized carbons (Fsp3) is 0.185. The summed E-state index contributed by atoms with van der Waals surface area (Å²) < 4.78 is 21.8. The molecule has 1 heterocycles. The zero-order valence-electron chi connectivity index (χ0n) is 18.7. The lowest BCUT2D eigenvalue weighted by molar-refractivity contribution is 0.0920. The monoisotopic (exact) mass is 444 g/mol. The predicted octanol–water partition coefficient (Wildman–Crippen LogP) is 5.30. The second kappa shape index (κ2) is 9.61. The lowest BCUT2D eigenvalue weighted by atomic mass is 9.99. The van der Waals surface area contributed by atoms with Crippen molar-refractivity contribution in [1.29, 1.82) is 0 Å². The zero-order chi connectivity index (χ0) is 23.4. The summed E-state index contributed by atoms with van der Waals surface area (Å²) in [5, 5.41) is 0.816. The number of carbonyl (C=O) groups is 1. The molecule has 168 valence electrons. The number of benzene rings is 3. The van der Waals surface area contributed by atoms with E-state index in [1.165, 1.54) is 20.3 Å². The summed E-state index contributed by atoms with van der Waals surface area (Å²) in [6.45, 7) is 1.84. The van der Waals surface area contributed by atoms with Crippen molar-refractivity contribution in [1.82, 2.24) is 0 Å². The van der Waals surface area contributed by atoms with Gasteiger partial charge < -0.3 is 18.6 Å². The van der Waals surface area contributed by atoms with Gasteiger partial charge in [0.25, 0.3) is 0 Å². The van der Waals surface area contributed by atoms with E-state index >= 15 is 0 Å². The number of ketones is 1. The number of Topliss-reactive ketones (excluding diaryl/α,β-unsaturated/α-hetero) is 1. The molecule has 33 heavy (non-hydrogen) atoms. The third kappa shape index (κ3) is 4.60. The minimum absolute atomic E-state index is 0.170. The Balaban J connectivity index is 1.66. The Kier molecular flexibility index (Phi) is 6.45. The molecule has 0 radical (unpaired) electrons. The molecule has 0 aliphatic heterocycles. The molecule has 0 spiro atoms. The Hall–Kier alpha value is -4.06. The van der Waals surface area contributed by atoms with Gasteiger partial charge in [0.2, 0.25) is 0 Å². The van der Waals surface area contributed by atoms with Crippen LogP contribution in [0.5, 0.6) is 17.2 Å². The van der Waals surface area contributed by atoms with Crippen LogP contribution in [-0.4, -0.2) is 26.6 Å². The Labute approximate surface area is 191 Å². The van der Waals surface area contributed by atoms with E-state index in [1.807, 2.05) is 43.3 Å². The largest absolute Gasteiger partial charge is 0.493 e. The molecule has 0 atom stereocenters. The van der Waals surface area contributed by atoms with Crippen molar-refractivity contribution in [3.63, 3.8) is 0 Å². The number of hydrogen-bond donors (Lipinski definition) is 0. The lowest BCUT2D eigenvalue weighted by Gasteiger charge is -2.14. The van der Waals surface area contributed by atoms with Gasteiger partial charge in [0.1, 0.15) is 11.3 Å². The second-order valence-corrected chi connectivity index (χ2v) is 7.44. The average molecular weight is 444 g/mol. The van der Waals surface area contributed by atoms with E-state index in [0.717, 1.165) is 22.1 Å². The average Bonchev–Trinajstić information content (AvgIpc) is 2.86. The van der Waals surface area contributed by atoms with Gasteiger partial charge >= 0.3 is 5.63 Å². The molecule has 0 saturated heterocycles. The third-order valence-electron chi connectivity index (χ3n) is 5.46. The number of hydrogen-bond acceptors (Lipinski definition) is 6. The first-order chi connectivity index (χ1) is 16.0. The first-order valence-electron chi connectivity index (χ1n) is 10.6. The highest BCUT2D eigenvalue weighted by atomic mass is 16.5. The summed E-state index contributed by atoms with van der Waals surface area (Å²) in [5.41, 5.74) is 3.04. The van der Waals surface area contributed by atoms with E-state index in [9.17, 15) is 9.59 Å². The smallest absolute Gasteiger partial charge is 0.336 e. The number of aryl methyl sites for hydroxylation is 1. The third-order valence-corrected chi connectivity index (χ3v) is 5.46. The molecule has 0 amide bonds. The Morgan fingerprint density at radius 2 is 1.64 bits per heavy atom. The summed E-state index contributed by atoms with van der Waals surface area (Å²) in [6, 6.07) is 19.8. The van der Waals surface area contributed by atoms with Gasteiger partial charge in [-0.1, -0.05) is 37.3 Å². The summed E-state index contributed by atoms with van der Waals surface area (Å²) >= 11 is 0. The van der Waals surface area contributed by atoms with Gasteiger partial charge in [-0.15, -0.1) is 0 Å². The highest BCUT2D eigenvalue weighted by Gasteiger charge is 2.15. The van der Waals surface area contributed by atoms with Crippen LogP contribution < -0.4 is 19.8 Å². The summed E-state index contributed by atoms with van der Waals surface area (Å²) in [5.74, 6) is 1.31. The quantitative estimate of drug-likeness (QED) is 0.271. The normalized spacial score (nSPS) is 10.8. The molecule has 0 aliphatic carbocycles. The maximum atomic E-state index is 12.7. The molecule has 1 aromatic heterocycles. The molecular formula is C27H24O6. The minimum Gasteiger partial charge on any atom is -0.493 e. The minimum atomic E-state index is -0.446. The molecule has 0 unspecified atom stereocenters. The molecule has 0 bridgehead atoms. The predicted molar refractivity (Wildman–Crippen MR) is 127 cm³/mol. The SMILES string of the molecule is CCc1cc2c(-c3ccccc3)cc(=O)oc2cc1OCC(=O)c1ccc(OC)c(OC)c1. The summed E-state index contributed by atoms with van der Waals surface area (Å²) in [7, 11) is 3.05. The van der Waals surface area contributed by atoms with Gasteiger partial charge in [0.15, 0.2) is 23.9 Å². The van der Waals surface area contributed by atoms with E-state index in [4.69, 9.17) is 18.6 Å². The lowest BCUT2D eigenvalue weighted by Crippen LogP contribution is -2.13. The van der Waals surface area contributed by atoms with Gasteiger partial charge in [-0.3, -0.25) is 4.79 Å². The number of carbonyl (C=O) groups excluding carboxylic acids is 1. The van der Waals surface area contributed by atoms with E-state index in [0.29, 0.717) is 34.8 Å². The standard InChI is InChI=1S/C27H24O6/c1-4-17-12-21-20(18-8-6-5-7-9-18)14-27(29)33-25(21)15-24(17)32-16-22(28)19-10-11-23(30-2)26(13-19)31-3/h5-15H,4,16H2,1-3H3. The van der Waals surface area contributed by atoms with E-state index in [-0.39, 0.29) is 12.4 Å². The van der Waals surface area contributed by atoms with Gasteiger partial charge in [-0.25, -0.2) is 4.79 Å². The fourth-order valence-corrected chi connectivity index (χ4v) is 3.74. The number of rotatable bonds is 8. The zero-order valence-corrected chi connectivity index (χ0v) is 18.7. The summed E-state index contributed by atoms with van der Waals surface area (Å²) in [6.07, 6.45) is 0.684. The van der Waals surface area contributed by atoms with Crippen LogP contribution >= 0.6 is 0 Å². The van der Waals surface area contributed by atoms with Crippen molar-refractivity contribution in [3.05, 3.63) is 88.3 Å². The summed E-state index contributed by atoms with van der Waals surface area (Å²) in [4.78, 5) is 25.0. The maximum Gasteiger partial charge on any atom is 0.336 e. The molecule has 6 nitrogen and oxygen atoms in total. The molecule has 4 aromatic rings. The molecule has 0 aliphatic rings. The molecule has 0 saturated carbocycles. The Morgan fingerprint density at radius 3 is 2.33 bits per heavy atom. The van der Waals surface area contributed by atoms with Crippen LogP contribution in [0.4, 0.5) is 0 Å². The molecule has 0 fully saturated rings. The van der Waals surface area contributed by atoms with Crippen LogP contribution in [0.2, 0.25) is 0 Å². The fourth-order valence-electron chi connectivity index (χ4n) is 3.74. The van der Waals surface area contributed by atoms with E-state index < -0.39 is 5.63 Å². The van der Waals surface area contributed by atoms with Crippen LogP contribution in [0.25, 0.3) is 22.1 Å². The van der Waals surface area contributed by atoms with Crippen molar-refractivity contribution < 1.29 is 23.4 Å². The van der Waals surface area contributed by atoms with Crippen molar-refractivity contribution in [2.75, 3.05) is 20.8 Å². The Morgan fingerprint density at radius 1 is 0.879 bits per heavy atom. The van der Waals surface area contributed by atoms with Gasteiger partial charge in [0.05, 0.1) is 14.2 Å². The van der Waals surface area contributed by atoms with Crippen LogP contribution in [0.1, 0.15) is 22.8 Å². The van der Waals surface area contributed by atoms with Crippen molar-refractivity contribution in [2.45, 2.75) is 13.3 Å². The number of fused-ring (bicyclic) bond motifs is 1. The second-order valence-electron chi connectivity index (χ2n) is 7.44. The van der Waals surface area contributed by atoms with Gasteiger partial charge in [-0.2, -0.15) is 0 Å². The molecule has 3 aromatic carbocycles. The van der Waals surface area contributed by atoms with Crippen LogP contribution in [0.3, 0.4) is 0 Å². The van der Waals surface area contributed by atoms with Crippen molar-refractivity contribution in [3.8, 4) is 28.4 Å². The molecule has 4 rings (SSSR count). The van der Waals surface area contributed by atoms with Crippen molar-refractivity contribution in [2.24, 2.45) is 0 Å². The van der Waals surface area contributed by atoms with E-state index in [2.05, 4.69) is 0 Å². The van der Waals surface area contributed by atoms with E-state index in [1.54, 1.807) is 24.3 Å².